The Labute approximate surface area is 124 Å². The van der Waals surface area contributed by atoms with Gasteiger partial charge in [-0.05, 0) is 36.4 Å². The maximum atomic E-state index is 3.57. The number of rotatable bonds is 5. The standard InChI is InChI=1S/C17H20N2S/c1-13-15-7-3-4-8-16(15)19(2)17(13)12-18-10-9-14-6-5-11-20-14/h3-8,11,18H,9-10,12H2,1-2H3. The van der Waals surface area contributed by atoms with E-state index in [1.165, 1.54) is 27.0 Å². The van der Waals surface area contributed by atoms with Crippen molar-refractivity contribution in [3.8, 4) is 0 Å². The maximum absolute atomic E-state index is 3.57. The topological polar surface area (TPSA) is 17.0 Å². The second kappa shape index (κ2) is 5.81. The Balaban J connectivity index is 1.68. The van der Waals surface area contributed by atoms with E-state index in [0.717, 1.165) is 19.5 Å². The van der Waals surface area contributed by atoms with Crippen molar-refractivity contribution < 1.29 is 0 Å². The van der Waals surface area contributed by atoms with Gasteiger partial charge in [0.25, 0.3) is 0 Å². The monoisotopic (exact) mass is 284 g/mol. The van der Waals surface area contributed by atoms with Gasteiger partial charge in [0.15, 0.2) is 0 Å². The fourth-order valence-electron chi connectivity index (χ4n) is 2.76. The van der Waals surface area contributed by atoms with Gasteiger partial charge in [-0.2, -0.15) is 0 Å². The van der Waals surface area contributed by atoms with Crippen LogP contribution in [0.25, 0.3) is 10.9 Å². The van der Waals surface area contributed by atoms with Crippen molar-refractivity contribution in [1.29, 1.82) is 0 Å². The van der Waals surface area contributed by atoms with E-state index in [1.54, 1.807) is 0 Å². The molecule has 3 aromatic rings. The van der Waals surface area contributed by atoms with Gasteiger partial charge >= 0.3 is 0 Å². The summed E-state index contributed by atoms with van der Waals surface area (Å²) in [6.07, 6.45) is 1.11. The van der Waals surface area contributed by atoms with Crippen molar-refractivity contribution in [3.63, 3.8) is 0 Å². The van der Waals surface area contributed by atoms with Crippen molar-refractivity contribution in [1.82, 2.24) is 9.88 Å². The zero-order chi connectivity index (χ0) is 13.9. The largest absolute Gasteiger partial charge is 0.346 e. The Hall–Kier alpha value is -1.58. The van der Waals surface area contributed by atoms with Crippen molar-refractivity contribution in [3.05, 3.63) is 57.9 Å². The molecule has 3 heteroatoms. The van der Waals surface area contributed by atoms with Crippen LogP contribution in [0.3, 0.4) is 0 Å². The number of thiophene rings is 1. The number of para-hydroxylation sites is 1. The number of fused-ring (bicyclic) bond motifs is 1. The molecule has 0 saturated carbocycles. The molecule has 0 saturated heterocycles. The third-order valence-electron chi connectivity index (χ3n) is 3.93. The van der Waals surface area contributed by atoms with E-state index in [4.69, 9.17) is 0 Å². The Morgan fingerprint density at radius 3 is 2.75 bits per heavy atom. The van der Waals surface area contributed by atoms with Crippen molar-refractivity contribution in [2.75, 3.05) is 6.54 Å². The van der Waals surface area contributed by atoms with Crippen LogP contribution >= 0.6 is 11.3 Å². The zero-order valence-corrected chi connectivity index (χ0v) is 12.8. The molecule has 1 aromatic carbocycles. The smallest absolute Gasteiger partial charge is 0.0483 e. The molecule has 0 spiro atoms. The fraction of sp³-hybridized carbons (Fsp3) is 0.294. The molecule has 0 aliphatic heterocycles. The summed E-state index contributed by atoms with van der Waals surface area (Å²) in [6.45, 7) is 4.18. The minimum Gasteiger partial charge on any atom is -0.346 e. The van der Waals surface area contributed by atoms with Gasteiger partial charge in [0.1, 0.15) is 0 Å². The molecular weight excluding hydrogens is 264 g/mol. The first kappa shape index (κ1) is 13.4. The van der Waals surface area contributed by atoms with E-state index in [-0.39, 0.29) is 0 Å². The molecule has 2 nitrogen and oxygen atoms in total. The lowest BCUT2D eigenvalue weighted by Crippen LogP contribution is -2.18. The molecule has 0 bridgehead atoms. The summed E-state index contributed by atoms with van der Waals surface area (Å²) in [5.74, 6) is 0. The first-order chi connectivity index (χ1) is 9.77. The van der Waals surface area contributed by atoms with E-state index in [0.29, 0.717) is 0 Å². The minimum absolute atomic E-state index is 0.933. The highest BCUT2D eigenvalue weighted by Crippen LogP contribution is 2.24. The van der Waals surface area contributed by atoms with Crippen molar-refractivity contribution in [2.24, 2.45) is 7.05 Å². The molecule has 104 valence electrons. The van der Waals surface area contributed by atoms with Gasteiger partial charge in [0.05, 0.1) is 0 Å². The molecule has 0 atom stereocenters. The first-order valence-corrected chi connectivity index (χ1v) is 7.91. The number of nitrogens with one attached hydrogen (secondary N) is 1. The van der Waals surface area contributed by atoms with Crippen LogP contribution < -0.4 is 5.32 Å². The average molecular weight is 284 g/mol. The van der Waals surface area contributed by atoms with Crippen LogP contribution in [0.4, 0.5) is 0 Å². The molecule has 0 aliphatic rings. The lowest BCUT2D eigenvalue weighted by atomic mass is 10.1. The summed E-state index contributed by atoms with van der Waals surface area (Å²) in [7, 11) is 2.16. The summed E-state index contributed by atoms with van der Waals surface area (Å²) in [4.78, 5) is 1.45. The van der Waals surface area contributed by atoms with Crippen LogP contribution in [0, 0.1) is 6.92 Å². The zero-order valence-electron chi connectivity index (χ0n) is 12.0. The summed E-state index contributed by atoms with van der Waals surface area (Å²) in [5, 5.41) is 7.08. The van der Waals surface area contributed by atoms with Gasteiger partial charge in [-0.15, -0.1) is 11.3 Å². The van der Waals surface area contributed by atoms with Gasteiger partial charge in [0.2, 0.25) is 0 Å². The highest BCUT2D eigenvalue weighted by molar-refractivity contribution is 7.09. The predicted octanol–water partition coefficient (Wildman–Crippen LogP) is 3.88. The second-order valence-electron chi connectivity index (χ2n) is 5.15. The average Bonchev–Trinajstić information content (AvgIpc) is 3.06. The minimum atomic E-state index is 0.933. The van der Waals surface area contributed by atoms with Crippen LogP contribution in [-0.2, 0) is 20.0 Å². The van der Waals surface area contributed by atoms with Crippen LogP contribution in [0.1, 0.15) is 16.1 Å². The third kappa shape index (κ3) is 2.51. The molecule has 1 N–H and O–H groups in total. The van der Waals surface area contributed by atoms with E-state index in [1.807, 2.05) is 11.3 Å². The molecule has 0 radical (unpaired) electrons. The number of aryl methyl sites for hydroxylation is 2. The summed E-state index contributed by atoms with van der Waals surface area (Å²) in [5.41, 5.74) is 4.10. The van der Waals surface area contributed by atoms with Crippen LogP contribution in [-0.4, -0.2) is 11.1 Å². The quantitative estimate of drug-likeness (QED) is 0.704. The Bertz CT molecular complexity index is 656. The van der Waals surface area contributed by atoms with Crippen LogP contribution in [0.5, 0.6) is 0 Å². The molecule has 3 rings (SSSR count). The third-order valence-corrected chi connectivity index (χ3v) is 4.86. The fourth-order valence-corrected chi connectivity index (χ4v) is 3.47. The van der Waals surface area contributed by atoms with Gasteiger partial charge in [-0.25, -0.2) is 0 Å². The van der Waals surface area contributed by atoms with Crippen molar-refractivity contribution in [2.45, 2.75) is 19.9 Å². The van der Waals surface area contributed by atoms with E-state index in [2.05, 4.69) is 65.6 Å². The Morgan fingerprint density at radius 2 is 2.00 bits per heavy atom. The highest BCUT2D eigenvalue weighted by atomic mass is 32.1. The molecule has 2 heterocycles. The lowest BCUT2D eigenvalue weighted by molar-refractivity contribution is 0.656. The predicted molar refractivity (Wildman–Crippen MR) is 87.4 cm³/mol. The number of hydrogen-bond donors (Lipinski definition) is 1. The highest BCUT2D eigenvalue weighted by Gasteiger charge is 2.10. The SMILES string of the molecule is Cc1c(CNCCc2cccs2)n(C)c2ccccc12. The number of benzene rings is 1. The van der Waals surface area contributed by atoms with Gasteiger partial charge < -0.3 is 9.88 Å². The molecule has 0 aliphatic carbocycles. The van der Waals surface area contributed by atoms with Crippen LogP contribution in [0.15, 0.2) is 41.8 Å². The maximum Gasteiger partial charge on any atom is 0.0483 e. The first-order valence-electron chi connectivity index (χ1n) is 7.03. The summed E-state index contributed by atoms with van der Waals surface area (Å²) < 4.78 is 2.31. The number of aromatic nitrogens is 1. The van der Waals surface area contributed by atoms with Gasteiger partial charge in [-0.3, -0.25) is 0 Å². The molecule has 0 fully saturated rings. The summed E-state index contributed by atoms with van der Waals surface area (Å²) in [6, 6.07) is 12.9. The number of nitrogens with zero attached hydrogens (tertiary/aromatic N) is 1. The molecular formula is C17H20N2S. The summed E-state index contributed by atoms with van der Waals surface area (Å²) >= 11 is 1.83. The number of hydrogen-bond acceptors (Lipinski definition) is 2. The normalized spacial score (nSPS) is 11.3. The Kier molecular flexibility index (Phi) is 3.90. The molecule has 0 amide bonds. The van der Waals surface area contributed by atoms with Crippen LogP contribution in [0.2, 0.25) is 0 Å². The molecule has 0 unspecified atom stereocenters. The van der Waals surface area contributed by atoms with Crippen molar-refractivity contribution >= 4 is 22.2 Å². The molecule has 2 aromatic heterocycles. The molecule has 20 heavy (non-hydrogen) atoms. The Morgan fingerprint density at radius 1 is 1.15 bits per heavy atom. The van der Waals surface area contributed by atoms with Gasteiger partial charge in [0, 0.05) is 41.6 Å². The van der Waals surface area contributed by atoms with E-state index in [9.17, 15) is 0 Å². The van der Waals surface area contributed by atoms with Gasteiger partial charge in [-0.1, -0.05) is 24.3 Å². The lowest BCUT2D eigenvalue weighted by Gasteiger charge is -2.07. The van der Waals surface area contributed by atoms with E-state index < -0.39 is 0 Å². The van der Waals surface area contributed by atoms with E-state index >= 15 is 0 Å². The second-order valence-corrected chi connectivity index (χ2v) is 6.19.